The van der Waals surface area contributed by atoms with E-state index in [9.17, 15) is 34.5 Å². The van der Waals surface area contributed by atoms with Crippen LogP contribution in [0, 0.1) is 17.8 Å². The molecule has 3 aliphatic carbocycles. The predicted octanol–water partition coefficient (Wildman–Crippen LogP) is 2.45. The Morgan fingerprint density at radius 3 is 2.38 bits per heavy atom. The van der Waals surface area contributed by atoms with Crippen molar-refractivity contribution >= 4 is 34.9 Å². The second-order valence-electron chi connectivity index (χ2n) is 11.2. The van der Waals surface area contributed by atoms with Crippen LogP contribution in [0.2, 0.25) is 0 Å². The van der Waals surface area contributed by atoms with Gasteiger partial charge in [0.25, 0.3) is 5.91 Å². The molecule has 1 fully saturated rings. The maximum absolute atomic E-state index is 13.7. The number of aliphatic hydroxyl groups excluding tert-OH is 2. The van der Waals surface area contributed by atoms with E-state index in [1.807, 2.05) is 25.1 Å². The number of aromatic hydroxyl groups is 1. The summed E-state index contributed by atoms with van der Waals surface area (Å²) in [6, 6.07) is 8.75. The number of ether oxygens (including phenoxy) is 1. The molecule has 0 saturated heterocycles. The molecular weight excluding hydrogens is 542 g/mol. The maximum Gasteiger partial charge on any atom is 0.337 e. The number of Topliss-reactive ketones (excluding diaryl/α,β-unsaturated/α-hetero) is 2. The standard InChI is InChI=1S/C31H33N3O8/c1-34(2)20-10-18(13-33-12-14-4-6-15(7-5-14)31(41)42-3)26(36)24-19(20)9-16-8-17-11-21(35)25(30(32)40)29(39)23(17)27(37)22(16)28(24)38/h4-7,10,16-17,23,33,36,38-39H,8-9,11-13H2,1-3H3,(H2,32,40). The van der Waals surface area contributed by atoms with Crippen LogP contribution >= 0.6 is 0 Å². The van der Waals surface area contributed by atoms with Crippen LogP contribution in [0.1, 0.15) is 45.5 Å². The Balaban J connectivity index is 1.48. The van der Waals surface area contributed by atoms with Gasteiger partial charge in [0.15, 0.2) is 11.6 Å². The predicted molar refractivity (Wildman–Crippen MR) is 153 cm³/mol. The van der Waals surface area contributed by atoms with Crippen LogP contribution < -0.4 is 16.0 Å². The number of nitrogens with two attached hydrogens (primary N) is 1. The number of nitrogens with zero attached hydrogens (tertiary/aromatic N) is 1. The van der Waals surface area contributed by atoms with Crippen molar-refractivity contribution < 1.29 is 39.2 Å². The quantitative estimate of drug-likeness (QED) is 0.243. The van der Waals surface area contributed by atoms with E-state index in [4.69, 9.17) is 10.5 Å². The van der Waals surface area contributed by atoms with Crippen molar-refractivity contribution in [3.8, 4) is 5.75 Å². The van der Waals surface area contributed by atoms with E-state index >= 15 is 0 Å². The van der Waals surface area contributed by atoms with E-state index in [0.717, 1.165) is 11.3 Å². The van der Waals surface area contributed by atoms with Gasteiger partial charge in [-0.25, -0.2) is 4.79 Å². The van der Waals surface area contributed by atoms with E-state index in [1.165, 1.54) is 7.11 Å². The lowest BCUT2D eigenvalue weighted by molar-refractivity contribution is -0.127. The third-order valence-corrected chi connectivity index (χ3v) is 8.45. The van der Waals surface area contributed by atoms with Crippen LogP contribution in [0.5, 0.6) is 5.75 Å². The summed E-state index contributed by atoms with van der Waals surface area (Å²) in [6.07, 6.45) is 0.576. The number of nitrogens with one attached hydrogen (secondary N) is 1. The summed E-state index contributed by atoms with van der Waals surface area (Å²) < 4.78 is 4.72. The highest BCUT2D eigenvalue weighted by Gasteiger charge is 2.51. The second-order valence-corrected chi connectivity index (χ2v) is 11.2. The molecule has 1 amide bonds. The number of rotatable bonds is 7. The van der Waals surface area contributed by atoms with Gasteiger partial charge >= 0.3 is 5.97 Å². The third-order valence-electron chi connectivity index (χ3n) is 8.45. The molecule has 0 bridgehead atoms. The molecule has 3 unspecified atom stereocenters. The Labute approximate surface area is 242 Å². The van der Waals surface area contributed by atoms with E-state index < -0.39 is 52.5 Å². The number of esters is 1. The lowest BCUT2D eigenvalue weighted by atomic mass is 9.61. The molecule has 3 atom stereocenters. The van der Waals surface area contributed by atoms with Crippen LogP contribution in [-0.2, 0) is 38.6 Å². The molecule has 0 spiro atoms. The van der Waals surface area contributed by atoms with Crippen molar-refractivity contribution in [2.75, 3.05) is 26.1 Å². The number of ketones is 2. The van der Waals surface area contributed by atoms with Gasteiger partial charge in [0.05, 0.1) is 24.2 Å². The van der Waals surface area contributed by atoms with Gasteiger partial charge in [0.2, 0.25) is 0 Å². The lowest BCUT2D eigenvalue weighted by Crippen LogP contribution is -2.44. The number of hydrogen-bond acceptors (Lipinski definition) is 10. The highest BCUT2D eigenvalue weighted by Crippen LogP contribution is 2.52. The first-order valence-electron chi connectivity index (χ1n) is 13.6. The largest absolute Gasteiger partial charge is 0.511 e. The fraction of sp³-hybridized carbons (Fsp3) is 0.355. The summed E-state index contributed by atoms with van der Waals surface area (Å²) >= 11 is 0. The van der Waals surface area contributed by atoms with Crippen LogP contribution in [0.3, 0.4) is 0 Å². The maximum atomic E-state index is 13.7. The molecular formula is C31H33N3O8. The van der Waals surface area contributed by atoms with Crippen molar-refractivity contribution in [2.24, 2.45) is 23.5 Å². The molecule has 2 aromatic carbocycles. The average Bonchev–Trinajstić information content (AvgIpc) is 2.93. The number of anilines is 1. The molecule has 2 aromatic rings. The monoisotopic (exact) mass is 575 g/mol. The normalized spacial score (nSPS) is 21.5. The fourth-order valence-electron chi connectivity index (χ4n) is 6.50. The number of phenols is 1. The zero-order valence-electron chi connectivity index (χ0n) is 23.6. The molecule has 0 aliphatic heterocycles. The summed E-state index contributed by atoms with van der Waals surface area (Å²) in [5.74, 6) is -5.99. The molecule has 0 radical (unpaired) electrons. The van der Waals surface area contributed by atoms with Crippen molar-refractivity contribution in [2.45, 2.75) is 32.4 Å². The van der Waals surface area contributed by atoms with Gasteiger partial charge < -0.3 is 36.0 Å². The van der Waals surface area contributed by atoms with Gasteiger partial charge in [-0.3, -0.25) is 14.4 Å². The third kappa shape index (κ3) is 4.79. The van der Waals surface area contributed by atoms with Crippen molar-refractivity contribution in [1.82, 2.24) is 5.32 Å². The average molecular weight is 576 g/mol. The highest BCUT2D eigenvalue weighted by atomic mass is 16.5. The van der Waals surface area contributed by atoms with Crippen molar-refractivity contribution in [3.63, 3.8) is 0 Å². The van der Waals surface area contributed by atoms with Gasteiger partial charge in [-0.15, -0.1) is 0 Å². The number of carbonyl (C=O) groups excluding carboxylic acids is 4. The number of methoxy groups -OCH3 is 1. The first kappa shape index (κ1) is 28.9. The topological polar surface area (TPSA) is 179 Å². The minimum atomic E-state index is -1.16. The summed E-state index contributed by atoms with van der Waals surface area (Å²) in [5, 5.41) is 36.9. The Morgan fingerprint density at radius 1 is 1.07 bits per heavy atom. The Hall–Kier alpha value is -4.64. The molecule has 5 rings (SSSR count). The van der Waals surface area contributed by atoms with E-state index in [2.05, 4.69) is 5.32 Å². The van der Waals surface area contributed by atoms with Gasteiger partial charge in [0.1, 0.15) is 22.8 Å². The van der Waals surface area contributed by atoms with Crippen LogP contribution in [-0.4, -0.2) is 60.0 Å². The molecule has 220 valence electrons. The molecule has 0 heterocycles. The van der Waals surface area contributed by atoms with Gasteiger partial charge in [-0.05, 0) is 54.0 Å². The molecule has 11 nitrogen and oxygen atoms in total. The number of allylic oxidation sites excluding steroid dienone is 2. The van der Waals surface area contributed by atoms with E-state index in [0.29, 0.717) is 36.1 Å². The van der Waals surface area contributed by atoms with E-state index in [1.54, 1.807) is 24.3 Å². The summed E-state index contributed by atoms with van der Waals surface area (Å²) in [6.45, 7) is 0.662. The van der Waals surface area contributed by atoms with Crippen molar-refractivity contribution in [1.29, 1.82) is 0 Å². The molecule has 6 N–H and O–H groups in total. The number of aliphatic hydroxyl groups is 2. The molecule has 11 heteroatoms. The number of fused-ring (bicyclic) bond motifs is 3. The molecule has 0 aromatic heterocycles. The van der Waals surface area contributed by atoms with Crippen LogP contribution in [0.25, 0.3) is 5.76 Å². The Morgan fingerprint density at radius 2 is 1.76 bits per heavy atom. The minimum absolute atomic E-state index is 0.0734. The van der Waals surface area contributed by atoms with Gasteiger partial charge in [0, 0.05) is 50.4 Å². The number of phenolic OH excluding ortho intramolecular Hbond substituents is 1. The number of benzene rings is 2. The number of primary amides is 1. The summed E-state index contributed by atoms with van der Waals surface area (Å²) in [7, 11) is 5.01. The van der Waals surface area contributed by atoms with Crippen LogP contribution in [0.4, 0.5) is 5.69 Å². The smallest absolute Gasteiger partial charge is 0.337 e. The number of carbonyl (C=O) groups is 4. The van der Waals surface area contributed by atoms with Crippen LogP contribution in [0.15, 0.2) is 47.2 Å². The Bertz CT molecular complexity index is 1570. The summed E-state index contributed by atoms with van der Waals surface area (Å²) in [4.78, 5) is 51.6. The Kier molecular flexibility index (Phi) is 7.55. The SMILES string of the molecule is COC(=O)c1ccc(CNCc2cc(N(C)C)c3c(c2O)C(O)=C2C(=O)C4C(O)=C(C(N)=O)C(=O)CC4CC2C3)cc1. The minimum Gasteiger partial charge on any atom is -0.511 e. The first-order valence-corrected chi connectivity index (χ1v) is 13.6. The van der Waals surface area contributed by atoms with Gasteiger partial charge in [-0.2, -0.15) is 0 Å². The van der Waals surface area contributed by atoms with Gasteiger partial charge in [-0.1, -0.05) is 12.1 Å². The zero-order chi connectivity index (χ0) is 30.5. The first-order chi connectivity index (χ1) is 19.9. The van der Waals surface area contributed by atoms with Crippen molar-refractivity contribution in [3.05, 3.63) is 75.1 Å². The number of hydrogen-bond donors (Lipinski definition) is 5. The lowest BCUT2D eigenvalue weighted by Gasteiger charge is -2.41. The fourth-order valence-corrected chi connectivity index (χ4v) is 6.50. The zero-order valence-corrected chi connectivity index (χ0v) is 23.6. The summed E-state index contributed by atoms with van der Waals surface area (Å²) in [5.41, 5.74) is 8.25. The highest BCUT2D eigenvalue weighted by molar-refractivity contribution is 6.21. The molecule has 42 heavy (non-hydrogen) atoms. The molecule has 3 aliphatic rings. The molecule has 1 saturated carbocycles. The van der Waals surface area contributed by atoms with E-state index in [-0.39, 0.29) is 35.6 Å². The number of amides is 1. The second kappa shape index (κ2) is 11.0.